The molecule has 31 heavy (non-hydrogen) atoms. The molecular weight excluding hydrogens is 440 g/mol. The van der Waals surface area contributed by atoms with Gasteiger partial charge in [0, 0.05) is 11.1 Å². The van der Waals surface area contributed by atoms with Crippen LogP contribution in [0.15, 0.2) is 76.8 Å². The molecule has 1 N–H and O–H groups in total. The third-order valence-electron chi connectivity index (χ3n) is 4.26. The van der Waals surface area contributed by atoms with E-state index >= 15 is 0 Å². The molecule has 0 saturated heterocycles. The monoisotopic (exact) mass is 460 g/mol. The van der Waals surface area contributed by atoms with Gasteiger partial charge >= 0.3 is 0 Å². The van der Waals surface area contributed by atoms with Crippen molar-refractivity contribution in [1.82, 2.24) is 4.31 Å². The molecule has 0 aliphatic heterocycles. The first-order valence-electron chi connectivity index (χ1n) is 9.26. The van der Waals surface area contributed by atoms with Crippen molar-refractivity contribution in [2.75, 3.05) is 19.0 Å². The fourth-order valence-electron chi connectivity index (χ4n) is 2.73. The second kappa shape index (κ2) is 10.3. The molecule has 0 spiro atoms. The molecule has 3 aromatic rings. The van der Waals surface area contributed by atoms with Crippen LogP contribution in [0.5, 0.6) is 5.75 Å². The maximum absolute atomic E-state index is 12.9. The SMILES string of the molecule is COc1ccc(NC(=O)CN(Cc2ccco2)S(=O)(=O)/C=C/c2ccccc2)cc1Cl. The summed E-state index contributed by atoms with van der Waals surface area (Å²) >= 11 is 6.08. The first-order chi connectivity index (χ1) is 14.9. The Morgan fingerprint density at radius 2 is 1.94 bits per heavy atom. The van der Waals surface area contributed by atoms with E-state index in [1.54, 1.807) is 48.5 Å². The van der Waals surface area contributed by atoms with Crippen LogP contribution in [0, 0.1) is 0 Å². The molecule has 3 rings (SSSR count). The van der Waals surface area contributed by atoms with Crippen LogP contribution in [-0.4, -0.2) is 32.3 Å². The van der Waals surface area contributed by atoms with Gasteiger partial charge in [-0.15, -0.1) is 0 Å². The predicted molar refractivity (Wildman–Crippen MR) is 120 cm³/mol. The summed E-state index contributed by atoms with van der Waals surface area (Å²) in [7, 11) is -2.43. The molecule has 0 aliphatic carbocycles. The molecule has 1 aromatic heterocycles. The fraction of sp³-hybridized carbons (Fsp3) is 0.136. The third kappa shape index (κ3) is 6.45. The van der Waals surface area contributed by atoms with E-state index in [0.29, 0.717) is 22.2 Å². The van der Waals surface area contributed by atoms with E-state index in [0.717, 1.165) is 15.3 Å². The lowest BCUT2D eigenvalue weighted by atomic mass is 10.2. The summed E-state index contributed by atoms with van der Waals surface area (Å²) in [6.45, 7) is -0.503. The van der Waals surface area contributed by atoms with Crippen LogP contribution in [0.1, 0.15) is 11.3 Å². The standard InChI is InChI=1S/C22H21ClN2O5S/c1-29-21-10-9-18(14-20(21)23)24-22(26)16-25(15-19-8-5-12-30-19)31(27,28)13-11-17-6-3-2-4-7-17/h2-14H,15-16H2,1H3,(H,24,26)/b13-11+. The molecule has 0 saturated carbocycles. The lowest BCUT2D eigenvalue weighted by Crippen LogP contribution is -2.36. The number of nitrogens with one attached hydrogen (secondary N) is 1. The molecule has 2 aromatic carbocycles. The lowest BCUT2D eigenvalue weighted by Gasteiger charge is -2.19. The summed E-state index contributed by atoms with van der Waals surface area (Å²) in [6, 6.07) is 17.1. The zero-order valence-electron chi connectivity index (χ0n) is 16.7. The van der Waals surface area contributed by atoms with Gasteiger partial charge in [0.2, 0.25) is 15.9 Å². The van der Waals surface area contributed by atoms with Crippen LogP contribution in [0.3, 0.4) is 0 Å². The number of benzene rings is 2. The number of halogens is 1. The number of hydrogen-bond donors (Lipinski definition) is 1. The highest BCUT2D eigenvalue weighted by molar-refractivity contribution is 7.92. The third-order valence-corrected chi connectivity index (χ3v) is 6.01. The first kappa shape index (κ1) is 22.6. The molecule has 162 valence electrons. The van der Waals surface area contributed by atoms with Crippen molar-refractivity contribution in [2.24, 2.45) is 0 Å². The average molecular weight is 461 g/mol. The van der Waals surface area contributed by atoms with Crippen LogP contribution in [0.25, 0.3) is 6.08 Å². The lowest BCUT2D eigenvalue weighted by molar-refractivity contribution is -0.116. The summed E-state index contributed by atoms with van der Waals surface area (Å²) in [6.07, 6.45) is 2.92. The molecule has 9 heteroatoms. The minimum Gasteiger partial charge on any atom is -0.495 e. The molecule has 0 unspecified atom stereocenters. The smallest absolute Gasteiger partial charge is 0.239 e. The van der Waals surface area contributed by atoms with Crippen LogP contribution in [-0.2, 0) is 21.4 Å². The summed E-state index contributed by atoms with van der Waals surface area (Å²) in [5.74, 6) is 0.356. The maximum atomic E-state index is 12.9. The molecule has 0 fully saturated rings. The van der Waals surface area contributed by atoms with Crippen LogP contribution in [0.4, 0.5) is 5.69 Å². The van der Waals surface area contributed by atoms with Gasteiger partial charge in [-0.3, -0.25) is 4.79 Å². The average Bonchev–Trinajstić information content (AvgIpc) is 3.26. The zero-order chi connectivity index (χ0) is 22.3. The van der Waals surface area contributed by atoms with Crippen molar-refractivity contribution < 1.29 is 22.4 Å². The number of hydrogen-bond acceptors (Lipinski definition) is 5. The van der Waals surface area contributed by atoms with Gasteiger partial charge in [-0.1, -0.05) is 41.9 Å². The number of carbonyl (C=O) groups excluding carboxylic acids is 1. The van der Waals surface area contributed by atoms with Gasteiger partial charge < -0.3 is 14.5 Å². The first-order valence-corrected chi connectivity index (χ1v) is 11.1. The molecule has 0 bridgehead atoms. The minimum absolute atomic E-state index is 0.0920. The number of amides is 1. The molecule has 1 heterocycles. The summed E-state index contributed by atoms with van der Waals surface area (Å²) in [5.41, 5.74) is 1.15. The van der Waals surface area contributed by atoms with Gasteiger partial charge in [0.15, 0.2) is 0 Å². The van der Waals surface area contributed by atoms with E-state index in [4.69, 9.17) is 20.8 Å². The van der Waals surface area contributed by atoms with Gasteiger partial charge in [0.25, 0.3) is 0 Å². The molecule has 7 nitrogen and oxygen atoms in total. The molecule has 0 aliphatic rings. The van der Waals surface area contributed by atoms with Gasteiger partial charge in [0.05, 0.1) is 31.5 Å². The van der Waals surface area contributed by atoms with Crippen LogP contribution >= 0.6 is 11.6 Å². The Morgan fingerprint density at radius 1 is 1.16 bits per heavy atom. The summed E-state index contributed by atoms with van der Waals surface area (Å²) < 4.78 is 37.3. The Hall–Kier alpha value is -3.07. The van der Waals surface area contributed by atoms with Gasteiger partial charge in [-0.2, -0.15) is 4.31 Å². The number of nitrogens with zero attached hydrogens (tertiary/aromatic N) is 1. The molecular formula is C22H21ClN2O5S. The second-order valence-electron chi connectivity index (χ2n) is 6.50. The van der Waals surface area contributed by atoms with E-state index in [-0.39, 0.29) is 6.54 Å². The highest BCUT2D eigenvalue weighted by Gasteiger charge is 2.24. The van der Waals surface area contributed by atoms with Crippen molar-refractivity contribution in [3.05, 3.63) is 88.7 Å². The number of methoxy groups -OCH3 is 1. The van der Waals surface area contributed by atoms with Crippen molar-refractivity contribution in [3.63, 3.8) is 0 Å². The normalized spacial score (nSPS) is 11.7. The van der Waals surface area contributed by atoms with E-state index in [1.807, 2.05) is 6.07 Å². The van der Waals surface area contributed by atoms with E-state index in [2.05, 4.69) is 5.32 Å². The Kier molecular flexibility index (Phi) is 7.51. The summed E-state index contributed by atoms with van der Waals surface area (Å²) in [5, 5.41) is 4.05. The van der Waals surface area contributed by atoms with E-state index < -0.39 is 22.5 Å². The second-order valence-corrected chi connectivity index (χ2v) is 8.73. The minimum atomic E-state index is -3.92. The van der Waals surface area contributed by atoms with Crippen molar-refractivity contribution in [2.45, 2.75) is 6.54 Å². The van der Waals surface area contributed by atoms with Crippen molar-refractivity contribution >= 4 is 39.3 Å². The summed E-state index contributed by atoms with van der Waals surface area (Å²) in [4.78, 5) is 12.6. The predicted octanol–water partition coefficient (Wildman–Crippen LogP) is 4.38. The largest absolute Gasteiger partial charge is 0.495 e. The number of carbonyl (C=O) groups is 1. The highest BCUT2D eigenvalue weighted by Crippen LogP contribution is 2.27. The van der Waals surface area contributed by atoms with Crippen LogP contribution in [0.2, 0.25) is 5.02 Å². The maximum Gasteiger partial charge on any atom is 0.239 e. The van der Waals surface area contributed by atoms with Crippen LogP contribution < -0.4 is 10.1 Å². The number of ether oxygens (including phenoxy) is 1. The van der Waals surface area contributed by atoms with E-state index in [1.165, 1.54) is 25.5 Å². The highest BCUT2D eigenvalue weighted by atomic mass is 35.5. The molecule has 0 atom stereocenters. The molecule has 1 amide bonds. The Bertz CT molecular complexity index is 1150. The van der Waals surface area contributed by atoms with E-state index in [9.17, 15) is 13.2 Å². The Labute approximate surface area is 185 Å². The van der Waals surface area contributed by atoms with Crippen molar-refractivity contribution in [3.8, 4) is 5.75 Å². The Balaban J connectivity index is 1.77. The van der Waals surface area contributed by atoms with Gasteiger partial charge in [-0.05, 0) is 42.0 Å². The topological polar surface area (TPSA) is 88.8 Å². The fourth-order valence-corrected chi connectivity index (χ4v) is 4.10. The zero-order valence-corrected chi connectivity index (χ0v) is 18.3. The Morgan fingerprint density at radius 3 is 2.58 bits per heavy atom. The van der Waals surface area contributed by atoms with Gasteiger partial charge in [-0.25, -0.2) is 8.42 Å². The van der Waals surface area contributed by atoms with Gasteiger partial charge in [0.1, 0.15) is 11.5 Å². The number of rotatable bonds is 9. The number of sulfonamides is 1. The number of anilines is 1. The van der Waals surface area contributed by atoms with Crippen molar-refractivity contribution in [1.29, 1.82) is 0 Å². The number of furan rings is 1. The molecule has 0 radical (unpaired) electrons. The quantitative estimate of drug-likeness (QED) is 0.511.